The minimum atomic E-state index is -0.832. The van der Waals surface area contributed by atoms with E-state index in [1.807, 2.05) is 0 Å². The van der Waals surface area contributed by atoms with Gasteiger partial charge < -0.3 is 15.1 Å². The van der Waals surface area contributed by atoms with Gasteiger partial charge in [0.05, 0.1) is 0 Å². The van der Waals surface area contributed by atoms with E-state index in [-0.39, 0.29) is 0 Å². The van der Waals surface area contributed by atoms with Crippen molar-refractivity contribution in [1.29, 1.82) is 0 Å². The molecule has 0 radical (unpaired) electrons. The minimum absolute atomic E-state index is 0.309. The summed E-state index contributed by atoms with van der Waals surface area (Å²) in [6.45, 7) is 0.963. The standard InChI is InChI=1S/C13H25NO3/c1-14(13(16)17)9-8-12-6-4-11(5-7-12)3-2-10-15/h11-12,15H,2-10H2,1H3,(H,16,17). The Morgan fingerprint density at radius 2 is 1.71 bits per heavy atom. The van der Waals surface area contributed by atoms with Crippen LogP contribution in [0.15, 0.2) is 0 Å². The Bertz CT molecular complexity index is 225. The first-order valence-electron chi connectivity index (χ1n) is 6.68. The van der Waals surface area contributed by atoms with Gasteiger partial charge in [0.15, 0.2) is 0 Å². The smallest absolute Gasteiger partial charge is 0.407 e. The fourth-order valence-electron chi connectivity index (χ4n) is 2.66. The largest absolute Gasteiger partial charge is 0.465 e. The van der Waals surface area contributed by atoms with Crippen LogP contribution in [0.3, 0.4) is 0 Å². The highest BCUT2D eigenvalue weighted by Crippen LogP contribution is 2.33. The molecule has 0 aromatic heterocycles. The van der Waals surface area contributed by atoms with Crippen LogP contribution in [0.25, 0.3) is 0 Å². The number of carboxylic acid groups (broad SMARTS) is 1. The van der Waals surface area contributed by atoms with Crippen molar-refractivity contribution in [2.45, 2.75) is 44.9 Å². The molecule has 0 atom stereocenters. The van der Waals surface area contributed by atoms with Crippen LogP contribution in [-0.4, -0.2) is 41.4 Å². The Balaban J connectivity index is 2.12. The van der Waals surface area contributed by atoms with Crippen LogP contribution in [0.4, 0.5) is 4.79 Å². The Labute approximate surface area is 104 Å². The molecule has 1 aliphatic rings. The summed E-state index contributed by atoms with van der Waals surface area (Å²) in [6, 6.07) is 0. The molecule has 0 unspecified atom stereocenters. The molecule has 0 aromatic rings. The van der Waals surface area contributed by atoms with Gasteiger partial charge in [0.2, 0.25) is 0 Å². The highest BCUT2D eigenvalue weighted by molar-refractivity contribution is 5.64. The molecule has 1 rings (SSSR count). The maximum Gasteiger partial charge on any atom is 0.407 e. The van der Waals surface area contributed by atoms with Crippen LogP contribution >= 0.6 is 0 Å². The van der Waals surface area contributed by atoms with E-state index in [9.17, 15) is 4.79 Å². The van der Waals surface area contributed by atoms with Crippen LogP contribution < -0.4 is 0 Å². The normalized spacial score (nSPS) is 24.6. The summed E-state index contributed by atoms with van der Waals surface area (Å²) in [5, 5.41) is 17.5. The Kier molecular flexibility index (Phi) is 6.34. The Morgan fingerprint density at radius 1 is 1.18 bits per heavy atom. The van der Waals surface area contributed by atoms with Gasteiger partial charge in [-0.15, -0.1) is 0 Å². The molecule has 0 aromatic carbocycles. The van der Waals surface area contributed by atoms with Gasteiger partial charge in [0, 0.05) is 20.2 Å². The molecule has 0 aliphatic heterocycles. The third-order valence-electron chi connectivity index (χ3n) is 3.94. The van der Waals surface area contributed by atoms with Crippen LogP contribution in [0, 0.1) is 11.8 Å². The second-order valence-electron chi connectivity index (χ2n) is 5.25. The molecule has 0 spiro atoms. The molecule has 100 valence electrons. The number of aliphatic hydroxyl groups is 1. The molecule has 4 heteroatoms. The number of nitrogens with zero attached hydrogens (tertiary/aromatic N) is 1. The van der Waals surface area contributed by atoms with Crippen molar-refractivity contribution in [3.8, 4) is 0 Å². The van der Waals surface area contributed by atoms with E-state index in [1.54, 1.807) is 7.05 Å². The quantitative estimate of drug-likeness (QED) is 0.753. The highest BCUT2D eigenvalue weighted by Gasteiger charge is 2.21. The van der Waals surface area contributed by atoms with Crippen LogP contribution in [0.5, 0.6) is 0 Å². The molecule has 1 saturated carbocycles. The first kappa shape index (κ1) is 14.3. The van der Waals surface area contributed by atoms with Crippen molar-refractivity contribution in [3.05, 3.63) is 0 Å². The molecule has 0 bridgehead atoms. The summed E-state index contributed by atoms with van der Waals surface area (Å²) < 4.78 is 0. The van der Waals surface area contributed by atoms with Crippen LogP contribution in [-0.2, 0) is 0 Å². The van der Waals surface area contributed by atoms with E-state index in [0.717, 1.165) is 25.2 Å². The average molecular weight is 243 g/mol. The maximum absolute atomic E-state index is 10.6. The number of hydrogen-bond donors (Lipinski definition) is 2. The fourth-order valence-corrected chi connectivity index (χ4v) is 2.66. The van der Waals surface area contributed by atoms with E-state index in [4.69, 9.17) is 10.2 Å². The zero-order valence-electron chi connectivity index (χ0n) is 10.8. The van der Waals surface area contributed by atoms with Gasteiger partial charge in [-0.3, -0.25) is 0 Å². The lowest BCUT2D eigenvalue weighted by molar-refractivity contribution is 0.149. The molecule has 4 nitrogen and oxygen atoms in total. The zero-order valence-corrected chi connectivity index (χ0v) is 10.8. The summed E-state index contributed by atoms with van der Waals surface area (Å²) in [5.41, 5.74) is 0. The van der Waals surface area contributed by atoms with Gasteiger partial charge in [0.1, 0.15) is 0 Å². The van der Waals surface area contributed by atoms with Gasteiger partial charge in [-0.2, -0.15) is 0 Å². The van der Waals surface area contributed by atoms with Crippen molar-refractivity contribution >= 4 is 6.09 Å². The van der Waals surface area contributed by atoms with Gasteiger partial charge in [-0.1, -0.05) is 25.7 Å². The molecular weight excluding hydrogens is 218 g/mol. The lowest BCUT2D eigenvalue weighted by Gasteiger charge is -2.29. The number of hydrogen-bond acceptors (Lipinski definition) is 2. The van der Waals surface area contributed by atoms with Crippen molar-refractivity contribution in [2.24, 2.45) is 11.8 Å². The molecule has 1 fully saturated rings. The summed E-state index contributed by atoms with van der Waals surface area (Å²) in [7, 11) is 1.63. The van der Waals surface area contributed by atoms with Crippen LogP contribution in [0.1, 0.15) is 44.9 Å². The number of aliphatic hydroxyl groups excluding tert-OH is 1. The second kappa shape index (κ2) is 7.54. The molecule has 1 aliphatic carbocycles. The van der Waals surface area contributed by atoms with Crippen molar-refractivity contribution < 1.29 is 15.0 Å². The second-order valence-corrected chi connectivity index (χ2v) is 5.25. The van der Waals surface area contributed by atoms with Crippen molar-refractivity contribution in [2.75, 3.05) is 20.2 Å². The Hall–Kier alpha value is -0.770. The van der Waals surface area contributed by atoms with Gasteiger partial charge in [-0.25, -0.2) is 4.79 Å². The number of carbonyl (C=O) groups is 1. The molecule has 0 saturated heterocycles. The lowest BCUT2D eigenvalue weighted by atomic mass is 9.79. The topological polar surface area (TPSA) is 60.8 Å². The summed E-state index contributed by atoms with van der Waals surface area (Å²) >= 11 is 0. The predicted molar refractivity (Wildman–Crippen MR) is 67.0 cm³/mol. The third-order valence-corrected chi connectivity index (χ3v) is 3.94. The van der Waals surface area contributed by atoms with Crippen molar-refractivity contribution in [1.82, 2.24) is 4.90 Å². The van der Waals surface area contributed by atoms with Gasteiger partial charge in [0.25, 0.3) is 0 Å². The minimum Gasteiger partial charge on any atom is -0.465 e. The summed E-state index contributed by atoms with van der Waals surface area (Å²) in [5.74, 6) is 1.48. The lowest BCUT2D eigenvalue weighted by Crippen LogP contribution is -2.28. The van der Waals surface area contributed by atoms with E-state index < -0.39 is 6.09 Å². The average Bonchev–Trinajstić information content (AvgIpc) is 2.34. The first-order valence-corrected chi connectivity index (χ1v) is 6.68. The Morgan fingerprint density at radius 3 is 2.18 bits per heavy atom. The van der Waals surface area contributed by atoms with Gasteiger partial charge in [-0.05, 0) is 31.1 Å². The molecule has 2 N–H and O–H groups in total. The SMILES string of the molecule is CN(CCC1CCC(CCCO)CC1)C(=O)O. The monoisotopic (exact) mass is 243 g/mol. The van der Waals surface area contributed by atoms with E-state index >= 15 is 0 Å². The highest BCUT2D eigenvalue weighted by atomic mass is 16.4. The summed E-state index contributed by atoms with van der Waals surface area (Å²) in [4.78, 5) is 12.0. The molecule has 17 heavy (non-hydrogen) atoms. The number of amides is 1. The van der Waals surface area contributed by atoms with E-state index in [0.29, 0.717) is 19.1 Å². The zero-order chi connectivity index (χ0) is 12.7. The third kappa shape index (κ3) is 5.39. The molecule has 1 amide bonds. The number of rotatable bonds is 6. The summed E-state index contributed by atoms with van der Waals surface area (Å²) in [6.07, 6.45) is 7.20. The van der Waals surface area contributed by atoms with Crippen molar-refractivity contribution in [3.63, 3.8) is 0 Å². The van der Waals surface area contributed by atoms with E-state index in [2.05, 4.69) is 0 Å². The predicted octanol–water partition coefficient (Wildman–Crippen LogP) is 2.57. The molecule has 0 heterocycles. The molecular formula is C13H25NO3. The first-order chi connectivity index (χ1) is 8.13. The maximum atomic E-state index is 10.6. The fraction of sp³-hybridized carbons (Fsp3) is 0.923. The van der Waals surface area contributed by atoms with Crippen LogP contribution in [0.2, 0.25) is 0 Å². The van der Waals surface area contributed by atoms with Gasteiger partial charge >= 0.3 is 6.09 Å². The van der Waals surface area contributed by atoms with E-state index in [1.165, 1.54) is 30.6 Å².